The molecule has 0 aliphatic carbocycles. The van der Waals surface area contributed by atoms with Gasteiger partial charge in [-0.1, -0.05) is 26.0 Å². The van der Waals surface area contributed by atoms with E-state index in [4.69, 9.17) is 4.74 Å². The SMILES string of the molecule is CC(C)CCNc1nc(C(=O)O[C@H](C)C(=O)NCc2ccc(F)cc2)cs1. The lowest BCUT2D eigenvalue weighted by Crippen LogP contribution is -2.35. The number of esters is 1. The minimum Gasteiger partial charge on any atom is -0.448 e. The smallest absolute Gasteiger partial charge is 0.358 e. The molecule has 0 saturated heterocycles. The van der Waals surface area contributed by atoms with Crippen LogP contribution >= 0.6 is 11.3 Å². The van der Waals surface area contributed by atoms with Gasteiger partial charge in [-0.3, -0.25) is 4.79 Å². The van der Waals surface area contributed by atoms with Crippen molar-refractivity contribution in [3.8, 4) is 0 Å². The topological polar surface area (TPSA) is 80.3 Å². The second-order valence-corrected chi connectivity index (χ2v) is 7.40. The van der Waals surface area contributed by atoms with Crippen LogP contribution in [0.5, 0.6) is 0 Å². The molecular formula is C19H24FN3O3S. The highest BCUT2D eigenvalue weighted by Gasteiger charge is 2.20. The van der Waals surface area contributed by atoms with Gasteiger partial charge in [-0.05, 0) is 37.0 Å². The maximum atomic E-state index is 12.9. The van der Waals surface area contributed by atoms with E-state index in [0.717, 1.165) is 18.5 Å². The number of carbonyl (C=O) groups is 2. The largest absolute Gasteiger partial charge is 0.448 e. The summed E-state index contributed by atoms with van der Waals surface area (Å²) in [7, 11) is 0. The van der Waals surface area contributed by atoms with Gasteiger partial charge in [0.05, 0.1) is 0 Å². The van der Waals surface area contributed by atoms with E-state index in [0.29, 0.717) is 11.0 Å². The number of ether oxygens (including phenoxy) is 1. The molecule has 1 amide bonds. The van der Waals surface area contributed by atoms with Gasteiger partial charge in [0, 0.05) is 18.5 Å². The molecule has 1 heterocycles. The van der Waals surface area contributed by atoms with Crippen LogP contribution in [0.2, 0.25) is 0 Å². The third kappa shape index (κ3) is 6.97. The predicted molar refractivity (Wildman–Crippen MR) is 103 cm³/mol. The number of benzene rings is 1. The van der Waals surface area contributed by atoms with Crippen LogP contribution in [0.1, 0.15) is 43.2 Å². The Balaban J connectivity index is 1.79. The van der Waals surface area contributed by atoms with Crippen LogP contribution in [0, 0.1) is 11.7 Å². The second-order valence-electron chi connectivity index (χ2n) is 6.54. The summed E-state index contributed by atoms with van der Waals surface area (Å²) in [6, 6.07) is 5.80. The summed E-state index contributed by atoms with van der Waals surface area (Å²) in [5, 5.41) is 8.06. The van der Waals surface area contributed by atoms with Crippen LogP contribution in [0.3, 0.4) is 0 Å². The molecule has 0 saturated carbocycles. The summed E-state index contributed by atoms with van der Waals surface area (Å²) >= 11 is 1.32. The van der Waals surface area contributed by atoms with Crippen molar-refractivity contribution in [3.05, 3.63) is 46.7 Å². The molecule has 0 aliphatic rings. The van der Waals surface area contributed by atoms with Gasteiger partial charge in [0.15, 0.2) is 16.9 Å². The molecule has 1 aromatic carbocycles. The average Bonchev–Trinajstić information content (AvgIpc) is 3.09. The summed E-state index contributed by atoms with van der Waals surface area (Å²) in [5.41, 5.74) is 0.921. The number of halogens is 1. The lowest BCUT2D eigenvalue weighted by molar-refractivity contribution is -0.129. The molecule has 0 bridgehead atoms. The number of thiazole rings is 1. The molecule has 1 aromatic heterocycles. The Kier molecular flexibility index (Phi) is 7.72. The number of nitrogens with zero attached hydrogens (tertiary/aromatic N) is 1. The van der Waals surface area contributed by atoms with Crippen molar-refractivity contribution in [2.24, 2.45) is 5.92 Å². The van der Waals surface area contributed by atoms with Crippen molar-refractivity contribution in [2.45, 2.75) is 39.8 Å². The quantitative estimate of drug-likeness (QED) is 0.636. The van der Waals surface area contributed by atoms with Gasteiger partial charge in [-0.25, -0.2) is 14.2 Å². The summed E-state index contributed by atoms with van der Waals surface area (Å²) in [5.74, 6) is -0.837. The predicted octanol–water partition coefficient (Wildman–Crippen LogP) is 3.60. The fourth-order valence-electron chi connectivity index (χ4n) is 2.13. The lowest BCUT2D eigenvalue weighted by atomic mass is 10.1. The van der Waals surface area contributed by atoms with Crippen LogP contribution in [-0.2, 0) is 16.1 Å². The zero-order valence-corrected chi connectivity index (χ0v) is 16.4. The zero-order chi connectivity index (χ0) is 19.8. The lowest BCUT2D eigenvalue weighted by Gasteiger charge is -2.12. The monoisotopic (exact) mass is 393 g/mol. The first-order valence-corrected chi connectivity index (χ1v) is 9.65. The van der Waals surface area contributed by atoms with Crippen molar-refractivity contribution in [3.63, 3.8) is 0 Å². The number of rotatable bonds is 9. The maximum Gasteiger partial charge on any atom is 0.358 e. The van der Waals surface area contributed by atoms with E-state index in [9.17, 15) is 14.0 Å². The first kappa shape index (κ1) is 20.8. The van der Waals surface area contributed by atoms with Crippen molar-refractivity contribution in [2.75, 3.05) is 11.9 Å². The molecule has 6 nitrogen and oxygen atoms in total. The molecule has 27 heavy (non-hydrogen) atoms. The molecule has 1 atom stereocenters. The molecule has 0 aliphatic heterocycles. The van der Waals surface area contributed by atoms with Crippen molar-refractivity contribution < 1.29 is 18.7 Å². The van der Waals surface area contributed by atoms with E-state index in [-0.39, 0.29) is 18.1 Å². The van der Waals surface area contributed by atoms with E-state index in [1.165, 1.54) is 30.4 Å². The number of amides is 1. The van der Waals surface area contributed by atoms with E-state index in [1.54, 1.807) is 17.5 Å². The Morgan fingerprint density at radius 2 is 1.93 bits per heavy atom. The van der Waals surface area contributed by atoms with E-state index >= 15 is 0 Å². The Hall–Kier alpha value is -2.48. The number of nitrogens with one attached hydrogen (secondary N) is 2. The molecule has 0 unspecified atom stereocenters. The van der Waals surface area contributed by atoms with Gasteiger partial charge in [0.2, 0.25) is 0 Å². The van der Waals surface area contributed by atoms with Gasteiger partial charge in [-0.15, -0.1) is 11.3 Å². The second kappa shape index (κ2) is 10.0. The third-order valence-electron chi connectivity index (χ3n) is 3.74. The highest BCUT2D eigenvalue weighted by atomic mass is 32.1. The molecular weight excluding hydrogens is 369 g/mol. The first-order chi connectivity index (χ1) is 12.8. The Labute approximate surface area is 162 Å². The van der Waals surface area contributed by atoms with Gasteiger partial charge in [-0.2, -0.15) is 0 Å². The summed E-state index contributed by atoms with van der Waals surface area (Å²) in [6.07, 6.45) is 0.0435. The average molecular weight is 393 g/mol. The molecule has 2 N–H and O–H groups in total. The number of hydrogen-bond acceptors (Lipinski definition) is 6. The van der Waals surface area contributed by atoms with Crippen molar-refractivity contribution >= 4 is 28.3 Å². The van der Waals surface area contributed by atoms with Crippen LogP contribution < -0.4 is 10.6 Å². The minimum atomic E-state index is -0.961. The summed E-state index contributed by atoms with van der Waals surface area (Å²) in [4.78, 5) is 28.4. The fraction of sp³-hybridized carbons (Fsp3) is 0.421. The Morgan fingerprint density at radius 1 is 1.22 bits per heavy atom. The molecule has 0 spiro atoms. The summed E-state index contributed by atoms with van der Waals surface area (Å²) < 4.78 is 18.0. The van der Waals surface area contributed by atoms with Gasteiger partial charge in [0.1, 0.15) is 5.82 Å². The number of aromatic nitrogens is 1. The van der Waals surface area contributed by atoms with E-state index in [1.807, 2.05) is 0 Å². The van der Waals surface area contributed by atoms with Crippen LogP contribution in [0.4, 0.5) is 9.52 Å². The molecule has 8 heteroatoms. The molecule has 0 radical (unpaired) electrons. The normalized spacial score (nSPS) is 11.9. The van der Waals surface area contributed by atoms with Gasteiger partial charge in [0.25, 0.3) is 5.91 Å². The van der Waals surface area contributed by atoms with Crippen LogP contribution in [-0.4, -0.2) is 29.5 Å². The number of anilines is 1. The first-order valence-electron chi connectivity index (χ1n) is 8.77. The third-order valence-corrected chi connectivity index (χ3v) is 4.54. The molecule has 2 aromatic rings. The zero-order valence-electron chi connectivity index (χ0n) is 15.6. The highest BCUT2D eigenvalue weighted by Crippen LogP contribution is 2.17. The van der Waals surface area contributed by atoms with Gasteiger partial charge >= 0.3 is 5.97 Å². The fourth-order valence-corrected chi connectivity index (χ4v) is 2.83. The van der Waals surface area contributed by atoms with E-state index in [2.05, 4.69) is 29.5 Å². The molecule has 0 fully saturated rings. The number of carbonyl (C=O) groups excluding carboxylic acids is 2. The Bertz CT molecular complexity index is 762. The van der Waals surface area contributed by atoms with Crippen molar-refractivity contribution in [1.82, 2.24) is 10.3 Å². The minimum absolute atomic E-state index is 0.172. The van der Waals surface area contributed by atoms with Crippen molar-refractivity contribution in [1.29, 1.82) is 0 Å². The number of hydrogen-bond donors (Lipinski definition) is 2. The van der Waals surface area contributed by atoms with Crippen LogP contribution in [0.25, 0.3) is 0 Å². The van der Waals surface area contributed by atoms with Crippen LogP contribution in [0.15, 0.2) is 29.6 Å². The van der Waals surface area contributed by atoms with E-state index < -0.39 is 18.0 Å². The molecule has 146 valence electrons. The summed E-state index contributed by atoms with van der Waals surface area (Å²) in [6.45, 7) is 6.76. The Morgan fingerprint density at radius 3 is 2.59 bits per heavy atom. The maximum absolute atomic E-state index is 12.9. The highest BCUT2D eigenvalue weighted by molar-refractivity contribution is 7.13. The molecule has 2 rings (SSSR count). The standard InChI is InChI=1S/C19H24FN3O3S/c1-12(2)8-9-21-19-23-16(11-27-19)18(25)26-13(3)17(24)22-10-14-4-6-15(20)7-5-14/h4-7,11-13H,8-10H2,1-3H3,(H,21,23)(H,22,24)/t13-/m1/s1. The van der Waals surface area contributed by atoms with Gasteiger partial charge < -0.3 is 15.4 Å².